The topological polar surface area (TPSA) is 114 Å². The third-order valence-corrected chi connectivity index (χ3v) is 5.14. The second-order valence-corrected chi connectivity index (χ2v) is 6.99. The number of rotatable bonds is 7. The molecule has 0 aliphatic rings. The fourth-order valence-electron chi connectivity index (χ4n) is 2.70. The summed E-state index contributed by atoms with van der Waals surface area (Å²) in [6.07, 6.45) is 0. The zero-order valence-electron chi connectivity index (χ0n) is 16.1. The first-order valence-electron chi connectivity index (χ1n) is 8.73. The van der Waals surface area contributed by atoms with Gasteiger partial charge in [0.1, 0.15) is 17.3 Å². The van der Waals surface area contributed by atoms with Gasteiger partial charge in [-0.25, -0.2) is 9.07 Å². The first-order chi connectivity index (χ1) is 14.6. The average Bonchev–Trinajstić information content (AvgIpc) is 3.39. The summed E-state index contributed by atoms with van der Waals surface area (Å²) in [6, 6.07) is 11.2. The molecule has 0 radical (unpaired) electrons. The maximum Gasteiger partial charge on any atom is 0.237 e. The number of hydrogen-bond donors (Lipinski definition) is 1. The van der Waals surface area contributed by atoms with Gasteiger partial charge in [-0.3, -0.25) is 0 Å². The fraction of sp³-hybridized carbons (Fsp3) is 0.158. The molecule has 0 bridgehead atoms. The van der Waals surface area contributed by atoms with E-state index in [2.05, 4.69) is 20.3 Å². The van der Waals surface area contributed by atoms with Gasteiger partial charge in [-0.15, -0.1) is 10.2 Å². The first kappa shape index (κ1) is 19.7. The Morgan fingerprint density at radius 1 is 1.10 bits per heavy atom. The van der Waals surface area contributed by atoms with E-state index < -0.39 is 0 Å². The van der Waals surface area contributed by atoms with Crippen LogP contribution in [0.25, 0.3) is 22.8 Å². The number of hydrogen-bond acceptors (Lipinski definition) is 9. The van der Waals surface area contributed by atoms with Crippen LogP contribution in [0, 0.1) is 5.82 Å². The molecular formula is C19H17FN6O3S. The highest BCUT2D eigenvalue weighted by molar-refractivity contribution is 7.98. The van der Waals surface area contributed by atoms with Crippen molar-refractivity contribution in [2.75, 3.05) is 20.1 Å². The smallest absolute Gasteiger partial charge is 0.237 e. The van der Waals surface area contributed by atoms with Crippen LogP contribution < -0.4 is 15.3 Å². The Morgan fingerprint density at radius 3 is 2.63 bits per heavy atom. The molecule has 11 heteroatoms. The third kappa shape index (κ3) is 3.92. The lowest BCUT2D eigenvalue weighted by atomic mass is 10.2. The SMILES string of the molecule is COc1ccc(-c2noc(CSc3nnc(-c4ccc(F)cc4)n3N)n2)c(OC)c1. The Kier molecular flexibility index (Phi) is 5.53. The Balaban J connectivity index is 1.49. The van der Waals surface area contributed by atoms with E-state index in [1.165, 1.54) is 28.6 Å². The number of thioether (sulfide) groups is 1. The number of aromatic nitrogens is 5. The van der Waals surface area contributed by atoms with Crippen LogP contribution in [0.3, 0.4) is 0 Å². The van der Waals surface area contributed by atoms with Crippen LogP contribution in [-0.4, -0.2) is 39.2 Å². The van der Waals surface area contributed by atoms with Gasteiger partial charge in [0.05, 0.1) is 25.5 Å². The van der Waals surface area contributed by atoms with Gasteiger partial charge in [-0.2, -0.15) is 4.98 Å². The van der Waals surface area contributed by atoms with Crippen LogP contribution in [0.2, 0.25) is 0 Å². The molecule has 0 unspecified atom stereocenters. The van der Waals surface area contributed by atoms with Gasteiger partial charge in [0.15, 0.2) is 5.82 Å². The number of methoxy groups -OCH3 is 2. The predicted octanol–water partition coefficient (Wildman–Crippen LogP) is 3.16. The van der Waals surface area contributed by atoms with Crippen LogP contribution in [0.4, 0.5) is 4.39 Å². The van der Waals surface area contributed by atoms with Gasteiger partial charge in [-0.1, -0.05) is 16.9 Å². The van der Waals surface area contributed by atoms with E-state index in [9.17, 15) is 4.39 Å². The molecule has 0 atom stereocenters. The van der Waals surface area contributed by atoms with E-state index in [4.69, 9.17) is 19.8 Å². The summed E-state index contributed by atoms with van der Waals surface area (Å²) in [6.45, 7) is 0. The van der Waals surface area contributed by atoms with Gasteiger partial charge in [-0.05, 0) is 36.4 Å². The third-order valence-electron chi connectivity index (χ3n) is 4.21. The van der Waals surface area contributed by atoms with Crippen LogP contribution in [0.5, 0.6) is 11.5 Å². The second kappa shape index (κ2) is 8.41. The minimum Gasteiger partial charge on any atom is -0.497 e. The maximum absolute atomic E-state index is 13.1. The molecular weight excluding hydrogens is 411 g/mol. The fourth-order valence-corrected chi connectivity index (χ4v) is 3.40. The molecule has 2 aromatic heterocycles. The average molecular weight is 428 g/mol. The standard InChI is InChI=1S/C19H17FN6O3S/c1-27-13-7-8-14(15(9-13)28-2)17-22-16(29-25-17)10-30-19-24-23-18(26(19)21)11-3-5-12(20)6-4-11/h3-9H,10,21H2,1-2H3. The highest BCUT2D eigenvalue weighted by Gasteiger charge is 2.17. The summed E-state index contributed by atoms with van der Waals surface area (Å²) in [5, 5.41) is 12.6. The Bertz CT molecular complexity index is 1160. The van der Waals surface area contributed by atoms with Crippen LogP contribution in [-0.2, 0) is 5.75 Å². The molecule has 0 aliphatic carbocycles. The summed E-state index contributed by atoms with van der Waals surface area (Å²) < 4.78 is 30.4. The van der Waals surface area contributed by atoms with E-state index in [1.807, 2.05) is 0 Å². The lowest BCUT2D eigenvalue weighted by Gasteiger charge is -2.07. The van der Waals surface area contributed by atoms with Crippen molar-refractivity contribution in [3.63, 3.8) is 0 Å². The van der Waals surface area contributed by atoms with Crippen molar-refractivity contribution in [1.82, 2.24) is 25.0 Å². The largest absolute Gasteiger partial charge is 0.497 e. The number of ether oxygens (including phenoxy) is 2. The lowest BCUT2D eigenvalue weighted by molar-refractivity contribution is 0.388. The molecule has 4 aromatic rings. The Morgan fingerprint density at radius 2 is 1.90 bits per heavy atom. The van der Waals surface area contributed by atoms with Crippen molar-refractivity contribution in [1.29, 1.82) is 0 Å². The molecule has 9 nitrogen and oxygen atoms in total. The number of benzene rings is 2. The van der Waals surface area contributed by atoms with Gasteiger partial charge >= 0.3 is 0 Å². The van der Waals surface area contributed by atoms with Crippen LogP contribution in [0.1, 0.15) is 5.89 Å². The van der Waals surface area contributed by atoms with E-state index in [0.717, 1.165) is 0 Å². The Labute approximate surface area is 175 Å². The highest BCUT2D eigenvalue weighted by Crippen LogP contribution is 2.32. The van der Waals surface area contributed by atoms with Gasteiger partial charge in [0, 0.05) is 11.6 Å². The highest BCUT2D eigenvalue weighted by atomic mass is 32.2. The molecule has 0 saturated carbocycles. The van der Waals surface area contributed by atoms with Crippen molar-refractivity contribution in [3.05, 3.63) is 54.2 Å². The summed E-state index contributed by atoms with van der Waals surface area (Å²) in [5.74, 6) is 8.52. The number of nitrogens with two attached hydrogens (primary N) is 1. The molecule has 0 fully saturated rings. The predicted molar refractivity (Wildman–Crippen MR) is 108 cm³/mol. The first-order valence-corrected chi connectivity index (χ1v) is 9.72. The number of halogens is 1. The summed E-state index contributed by atoms with van der Waals surface area (Å²) >= 11 is 1.29. The van der Waals surface area contributed by atoms with Crippen molar-refractivity contribution < 1.29 is 18.4 Å². The van der Waals surface area contributed by atoms with Gasteiger partial charge < -0.3 is 19.8 Å². The van der Waals surface area contributed by atoms with Crippen LogP contribution >= 0.6 is 11.8 Å². The minimum absolute atomic E-state index is 0.336. The molecule has 4 rings (SSSR count). The molecule has 0 spiro atoms. The quantitative estimate of drug-likeness (QED) is 0.350. The van der Waals surface area contributed by atoms with E-state index in [1.54, 1.807) is 44.6 Å². The lowest BCUT2D eigenvalue weighted by Crippen LogP contribution is -2.11. The molecule has 0 amide bonds. The van der Waals surface area contributed by atoms with E-state index >= 15 is 0 Å². The summed E-state index contributed by atoms with van der Waals surface area (Å²) in [4.78, 5) is 4.40. The van der Waals surface area contributed by atoms with E-state index in [-0.39, 0.29) is 5.82 Å². The Hall–Kier alpha value is -3.60. The van der Waals surface area contributed by atoms with Gasteiger partial charge in [0.25, 0.3) is 0 Å². The number of nitrogen functional groups attached to an aromatic ring is 1. The van der Waals surface area contributed by atoms with Crippen molar-refractivity contribution >= 4 is 11.8 Å². The van der Waals surface area contributed by atoms with E-state index in [0.29, 0.717) is 51.1 Å². The summed E-state index contributed by atoms with van der Waals surface area (Å²) in [7, 11) is 3.14. The maximum atomic E-state index is 13.1. The number of nitrogens with zero attached hydrogens (tertiary/aromatic N) is 5. The minimum atomic E-state index is -0.336. The molecule has 0 aliphatic heterocycles. The molecule has 2 aromatic carbocycles. The van der Waals surface area contributed by atoms with Gasteiger partial charge in [0.2, 0.25) is 16.9 Å². The zero-order valence-corrected chi connectivity index (χ0v) is 16.9. The molecule has 0 saturated heterocycles. The summed E-state index contributed by atoms with van der Waals surface area (Å²) in [5.41, 5.74) is 1.34. The normalized spacial score (nSPS) is 10.9. The molecule has 154 valence electrons. The van der Waals surface area contributed by atoms with Crippen molar-refractivity contribution in [3.8, 4) is 34.3 Å². The van der Waals surface area contributed by atoms with Crippen molar-refractivity contribution in [2.24, 2.45) is 0 Å². The zero-order chi connectivity index (χ0) is 21.1. The second-order valence-electron chi connectivity index (χ2n) is 6.05. The molecule has 2 N–H and O–H groups in total. The monoisotopic (exact) mass is 428 g/mol. The van der Waals surface area contributed by atoms with Crippen LogP contribution in [0.15, 0.2) is 52.1 Å². The molecule has 2 heterocycles. The van der Waals surface area contributed by atoms with Crippen molar-refractivity contribution in [2.45, 2.75) is 10.9 Å². The molecule has 30 heavy (non-hydrogen) atoms.